The van der Waals surface area contributed by atoms with Crippen molar-refractivity contribution in [2.45, 2.75) is 0 Å². The van der Waals surface area contributed by atoms with E-state index in [4.69, 9.17) is 44.3 Å². The lowest BCUT2D eigenvalue weighted by molar-refractivity contribution is -0.446. The summed E-state index contributed by atoms with van der Waals surface area (Å²) in [4.78, 5) is 13.8. The van der Waals surface area contributed by atoms with Crippen LogP contribution in [-0.4, -0.2) is 28.8 Å². The molecular weight excluding hydrogens is 252 g/mol. The zero-order chi connectivity index (χ0) is 10.7. The van der Waals surface area contributed by atoms with Crippen molar-refractivity contribution < 1.29 is 14.3 Å². The first kappa shape index (κ1) is 11.3. The molecule has 0 aromatic carbocycles. The zero-order valence-corrected chi connectivity index (χ0v) is 8.82. The average molecular weight is 255 g/mol. The average Bonchev–Trinajstić information content (AvgIpc) is 2.09. The van der Waals surface area contributed by atoms with E-state index in [1.54, 1.807) is 0 Å². The van der Waals surface area contributed by atoms with Gasteiger partial charge in [-0.15, -0.1) is 4.99 Å². The molecule has 1 aliphatic rings. The second kappa shape index (κ2) is 4.62. The summed E-state index contributed by atoms with van der Waals surface area (Å²) < 4.78 is 4.72. The van der Waals surface area contributed by atoms with Crippen molar-refractivity contribution in [3.8, 4) is 0 Å². The maximum absolute atomic E-state index is 10.2. The summed E-state index contributed by atoms with van der Waals surface area (Å²) in [5.74, 6) is -1.25. The molecular formula is C7H3Cl3NO3+. The highest BCUT2D eigenvalue weighted by Gasteiger charge is 2.23. The highest BCUT2D eigenvalue weighted by atomic mass is 35.5. The van der Waals surface area contributed by atoms with E-state index in [1.165, 1.54) is 0 Å². The lowest BCUT2D eigenvalue weighted by Gasteiger charge is -1.94. The maximum Gasteiger partial charge on any atom is 0.473 e. The van der Waals surface area contributed by atoms with Gasteiger partial charge in [-0.2, -0.15) is 0 Å². The molecule has 0 atom stereocenters. The van der Waals surface area contributed by atoms with Gasteiger partial charge in [-0.3, -0.25) is 0 Å². The predicted molar refractivity (Wildman–Crippen MR) is 53.0 cm³/mol. The van der Waals surface area contributed by atoms with Gasteiger partial charge >= 0.3 is 18.5 Å². The van der Waals surface area contributed by atoms with Crippen LogP contribution in [0.5, 0.6) is 0 Å². The molecule has 1 N–H and O–H groups in total. The number of amides is 1. The molecule has 4 nitrogen and oxygen atoms in total. The van der Waals surface area contributed by atoms with Crippen LogP contribution in [-0.2, 0) is 9.22 Å². The van der Waals surface area contributed by atoms with Crippen molar-refractivity contribution in [1.29, 1.82) is 0 Å². The lowest BCUT2D eigenvalue weighted by atomic mass is 10.4. The van der Waals surface area contributed by atoms with E-state index >= 15 is 0 Å². The van der Waals surface area contributed by atoms with Crippen LogP contribution in [0.15, 0.2) is 20.8 Å². The Labute approximate surface area is 93.8 Å². The van der Waals surface area contributed by atoms with E-state index in [0.29, 0.717) is 0 Å². The van der Waals surface area contributed by atoms with Crippen molar-refractivity contribution in [3.63, 3.8) is 0 Å². The topological polar surface area (TPSA) is 61.0 Å². The molecule has 0 saturated carbocycles. The van der Waals surface area contributed by atoms with Gasteiger partial charge in [-0.05, 0) is 0 Å². The van der Waals surface area contributed by atoms with Crippen molar-refractivity contribution in [1.82, 2.24) is 0 Å². The summed E-state index contributed by atoms with van der Waals surface area (Å²) in [7, 11) is 0. The van der Waals surface area contributed by atoms with Gasteiger partial charge in [0.1, 0.15) is 5.03 Å². The van der Waals surface area contributed by atoms with Crippen LogP contribution in [0.2, 0.25) is 0 Å². The summed E-state index contributed by atoms with van der Waals surface area (Å²) in [5.41, 5.74) is 2.45. The number of hydrogen-bond donors (Lipinski definition) is 1. The normalized spacial score (nSPS) is 18.8. The molecule has 0 radical (unpaired) electrons. The number of aliphatic imine (C=N–C) groups is 1. The van der Waals surface area contributed by atoms with Gasteiger partial charge in [0.05, 0.1) is 0 Å². The number of carboxylic acid groups (broad SMARTS) is 1. The first-order chi connectivity index (χ1) is 6.50. The van der Waals surface area contributed by atoms with E-state index in [1.807, 2.05) is 0 Å². The molecule has 0 spiro atoms. The van der Waals surface area contributed by atoms with Crippen molar-refractivity contribution in [2.24, 2.45) is 4.99 Å². The number of aliphatic carboxylic acids is 1. The van der Waals surface area contributed by atoms with Crippen molar-refractivity contribution >= 4 is 51.9 Å². The van der Waals surface area contributed by atoms with Gasteiger partial charge in [-0.1, -0.05) is 40.5 Å². The van der Waals surface area contributed by atoms with Crippen LogP contribution in [0.3, 0.4) is 0 Å². The van der Waals surface area contributed by atoms with Crippen molar-refractivity contribution in [2.75, 3.05) is 6.61 Å². The smallest absolute Gasteiger partial charge is 0.473 e. The zero-order valence-electron chi connectivity index (χ0n) is 6.55. The minimum Gasteiger partial charge on any atom is -0.474 e. The molecule has 0 saturated heterocycles. The Kier molecular flexibility index (Phi) is 3.72. The van der Waals surface area contributed by atoms with E-state index in [9.17, 15) is 4.79 Å². The monoisotopic (exact) mass is 254 g/mol. The first-order valence-electron chi connectivity index (χ1n) is 3.29. The van der Waals surface area contributed by atoms with Gasteiger partial charge in [0.2, 0.25) is 5.03 Å². The van der Waals surface area contributed by atoms with Crippen LogP contribution >= 0.6 is 34.8 Å². The van der Waals surface area contributed by atoms with E-state index < -0.39 is 12.6 Å². The second-order valence-electron chi connectivity index (χ2n) is 2.14. The molecule has 14 heavy (non-hydrogen) atoms. The molecule has 0 fully saturated rings. The van der Waals surface area contributed by atoms with Gasteiger partial charge in [-0.25, -0.2) is 9.22 Å². The molecule has 74 valence electrons. The van der Waals surface area contributed by atoms with Gasteiger partial charge < -0.3 is 5.11 Å². The number of carbonyl (C=O) groups excluding carboxylic acids is 1. The molecule has 1 amide bonds. The third-order valence-electron chi connectivity index (χ3n) is 1.12. The third-order valence-corrected chi connectivity index (χ3v) is 2.02. The van der Waals surface area contributed by atoms with Gasteiger partial charge in [0, 0.05) is 0 Å². The van der Waals surface area contributed by atoms with Crippen LogP contribution in [0.1, 0.15) is 0 Å². The Balaban J connectivity index is 3.00. The molecule has 0 bridgehead atoms. The summed E-state index contributed by atoms with van der Waals surface area (Å²) >= 11 is 16.7. The highest BCUT2D eigenvalue weighted by Crippen LogP contribution is 2.17. The fourth-order valence-electron chi connectivity index (χ4n) is 0.614. The largest absolute Gasteiger partial charge is 0.474 e. The molecule has 1 heterocycles. The molecule has 0 aliphatic carbocycles. The Morgan fingerprint density at radius 2 is 2.07 bits per heavy atom. The van der Waals surface area contributed by atoms with E-state index in [2.05, 4.69) is 10.7 Å². The van der Waals surface area contributed by atoms with Gasteiger partial charge in [0.15, 0.2) is 5.17 Å². The second-order valence-corrected chi connectivity index (χ2v) is 3.26. The maximum atomic E-state index is 10.2. The summed E-state index contributed by atoms with van der Waals surface area (Å²) in [5, 5.41) is 8.32. The van der Waals surface area contributed by atoms with Crippen LogP contribution < -0.4 is 0 Å². The molecule has 1 aliphatic heterocycles. The Hall–Kier alpha value is -0.800. The minimum absolute atomic E-state index is 0.0133. The van der Waals surface area contributed by atoms with Crippen molar-refractivity contribution in [3.05, 3.63) is 15.8 Å². The summed E-state index contributed by atoms with van der Waals surface area (Å²) in [6, 6.07) is 0. The number of rotatable bonds is 2. The quantitative estimate of drug-likeness (QED) is 0.602. The Morgan fingerprint density at radius 1 is 1.43 bits per heavy atom. The Bertz CT molecular complexity index is 404. The summed E-state index contributed by atoms with van der Waals surface area (Å²) in [6.07, 6.45) is 0. The fourth-order valence-corrected chi connectivity index (χ4v) is 1.11. The molecule has 1 rings (SSSR count). The Morgan fingerprint density at radius 3 is 2.64 bits per heavy atom. The SMILES string of the molecule is O=C(O)C[O+]=C1N=C(Cl)C(Cl)=C=C1Cl. The standard InChI is InChI=1S/C7H2Cl3NO3/c8-3-1-4(9)7(11-6(3)10)14-2-5(12)13/h2H2/p+1. The molecule has 0 aromatic heterocycles. The number of carboxylic acids is 1. The molecule has 7 heteroatoms. The third kappa shape index (κ3) is 2.86. The number of halogens is 3. The van der Waals surface area contributed by atoms with E-state index in [0.717, 1.165) is 0 Å². The summed E-state index contributed by atoms with van der Waals surface area (Å²) in [6.45, 7) is -0.557. The lowest BCUT2D eigenvalue weighted by Crippen LogP contribution is -2.11. The van der Waals surface area contributed by atoms with Crippen LogP contribution in [0, 0.1) is 0 Å². The van der Waals surface area contributed by atoms with Crippen LogP contribution in [0.25, 0.3) is 0 Å². The highest BCUT2D eigenvalue weighted by molar-refractivity contribution is 6.77. The molecule has 0 aromatic rings. The fraction of sp³-hybridized carbons (Fsp3) is 0.143. The predicted octanol–water partition coefficient (Wildman–Crippen LogP) is 1.63. The number of hydrogen-bond acceptors (Lipinski definition) is 1. The number of nitrogens with zero attached hydrogens (tertiary/aromatic N) is 1. The number of carbonyl (C=O) groups is 1. The van der Waals surface area contributed by atoms with Crippen LogP contribution in [0.4, 0.5) is 0 Å². The molecule has 0 unspecified atom stereocenters. The minimum atomic E-state index is -1.14. The first-order valence-corrected chi connectivity index (χ1v) is 4.42. The van der Waals surface area contributed by atoms with E-state index in [-0.39, 0.29) is 21.1 Å². The van der Waals surface area contributed by atoms with Gasteiger partial charge in [0.25, 0.3) is 0 Å².